The molecular weight excluding hydrogens is 255 g/mol. The average Bonchev–Trinajstić information content (AvgIpc) is 2.37. The summed E-state index contributed by atoms with van der Waals surface area (Å²) in [6.45, 7) is 0.262. The summed E-state index contributed by atoms with van der Waals surface area (Å²) in [5.74, 6) is 0. The zero-order valence-corrected chi connectivity index (χ0v) is 9.91. The Bertz CT molecular complexity index is 567. The van der Waals surface area contributed by atoms with Gasteiger partial charge in [0.15, 0.2) is 0 Å². The molecule has 0 radical (unpaired) electrons. The van der Waals surface area contributed by atoms with Crippen molar-refractivity contribution < 1.29 is 13.2 Å². The van der Waals surface area contributed by atoms with Crippen LogP contribution in [0.5, 0.6) is 0 Å². The summed E-state index contributed by atoms with van der Waals surface area (Å²) in [4.78, 5) is 3.83. The predicted octanol–water partition coefficient (Wildman–Crippen LogP) is 3.29. The second-order valence-electron chi connectivity index (χ2n) is 4.01. The minimum Gasteiger partial charge on any atom is -0.396 e. The Labute approximate surface area is 108 Å². The largest absolute Gasteiger partial charge is 0.416 e. The monoisotopic (exact) mass is 267 g/mol. The number of pyridine rings is 1. The van der Waals surface area contributed by atoms with Gasteiger partial charge in [-0.1, -0.05) is 12.1 Å². The molecule has 100 valence electrons. The van der Waals surface area contributed by atoms with E-state index >= 15 is 0 Å². The summed E-state index contributed by atoms with van der Waals surface area (Å²) in [7, 11) is 0. The lowest BCUT2D eigenvalue weighted by molar-refractivity contribution is -0.137. The second kappa shape index (κ2) is 5.17. The molecule has 19 heavy (non-hydrogen) atoms. The number of alkyl halides is 3. The number of anilines is 2. The van der Waals surface area contributed by atoms with Gasteiger partial charge in [-0.3, -0.25) is 4.98 Å². The maximum Gasteiger partial charge on any atom is 0.416 e. The molecule has 2 aromatic rings. The number of halogens is 3. The van der Waals surface area contributed by atoms with E-state index in [1.54, 1.807) is 18.3 Å². The van der Waals surface area contributed by atoms with Gasteiger partial charge in [0.05, 0.1) is 23.1 Å². The van der Waals surface area contributed by atoms with Crippen LogP contribution in [-0.4, -0.2) is 4.98 Å². The number of aromatic nitrogens is 1. The summed E-state index contributed by atoms with van der Waals surface area (Å²) < 4.78 is 37.6. The van der Waals surface area contributed by atoms with Crippen molar-refractivity contribution >= 4 is 11.4 Å². The minimum atomic E-state index is -4.33. The second-order valence-corrected chi connectivity index (χ2v) is 4.01. The molecule has 3 nitrogen and oxygen atoms in total. The number of nitrogens with one attached hydrogen (secondary N) is 1. The number of nitrogens with zero attached hydrogens (tertiary/aromatic N) is 1. The quantitative estimate of drug-likeness (QED) is 0.897. The zero-order valence-electron chi connectivity index (χ0n) is 9.91. The number of rotatable bonds is 3. The summed E-state index contributed by atoms with van der Waals surface area (Å²) >= 11 is 0. The minimum absolute atomic E-state index is 0.262. The SMILES string of the molecule is Nc1cnccc1NCc1cccc(C(F)(F)F)c1. The Kier molecular flexibility index (Phi) is 3.59. The van der Waals surface area contributed by atoms with Crippen LogP contribution in [0.15, 0.2) is 42.7 Å². The third-order valence-electron chi connectivity index (χ3n) is 2.59. The molecule has 0 aliphatic rings. The van der Waals surface area contributed by atoms with Crippen molar-refractivity contribution in [2.75, 3.05) is 11.1 Å². The first kappa shape index (κ1) is 13.2. The highest BCUT2D eigenvalue weighted by atomic mass is 19.4. The van der Waals surface area contributed by atoms with Gasteiger partial charge in [-0.2, -0.15) is 13.2 Å². The van der Waals surface area contributed by atoms with Crippen molar-refractivity contribution in [1.82, 2.24) is 4.98 Å². The van der Waals surface area contributed by atoms with Crippen molar-refractivity contribution in [2.45, 2.75) is 12.7 Å². The van der Waals surface area contributed by atoms with E-state index in [1.165, 1.54) is 12.3 Å². The molecular formula is C13H12F3N3. The van der Waals surface area contributed by atoms with Crippen LogP contribution < -0.4 is 11.1 Å². The Morgan fingerprint density at radius 2 is 2.00 bits per heavy atom. The van der Waals surface area contributed by atoms with E-state index in [0.717, 1.165) is 12.1 Å². The first-order valence-corrected chi connectivity index (χ1v) is 5.56. The van der Waals surface area contributed by atoms with Gasteiger partial charge in [-0.15, -0.1) is 0 Å². The molecule has 0 aliphatic heterocycles. The predicted molar refractivity (Wildman–Crippen MR) is 67.4 cm³/mol. The van der Waals surface area contributed by atoms with E-state index in [9.17, 15) is 13.2 Å². The van der Waals surface area contributed by atoms with Crippen molar-refractivity contribution in [3.8, 4) is 0 Å². The van der Waals surface area contributed by atoms with Crippen molar-refractivity contribution in [2.24, 2.45) is 0 Å². The fourth-order valence-corrected chi connectivity index (χ4v) is 1.62. The van der Waals surface area contributed by atoms with Gasteiger partial charge in [0.2, 0.25) is 0 Å². The van der Waals surface area contributed by atoms with Gasteiger partial charge in [0, 0.05) is 12.7 Å². The summed E-state index contributed by atoms with van der Waals surface area (Å²) in [6.07, 6.45) is -1.29. The van der Waals surface area contributed by atoms with Gasteiger partial charge in [0.25, 0.3) is 0 Å². The maximum atomic E-state index is 12.5. The lowest BCUT2D eigenvalue weighted by Crippen LogP contribution is -2.07. The molecule has 0 bridgehead atoms. The molecule has 0 aliphatic carbocycles. The van der Waals surface area contributed by atoms with Crippen LogP contribution in [0.3, 0.4) is 0 Å². The summed E-state index contributed by atoms with van der Waals surface area (Å²) in [5, 5.41) is 2.98. The van der Waals surface area contributed by atoms with Gasteiger partial charge >= 0.3 is 6.18 Å². The molecule has 1 heterocycles. The zero-order chi connectivity index (χ0) is 13.9. The molecule has 6 heteroatoms. The maximum absolute atomic E-state index is 12.5. The molecule has 0 saturated heterocycles. The fraction of sp³-hybridized carbons (Fsp3) is 0.154. The van der Waals surface area contributed by atoms with E-state index < -0.39 is 11.7 Å². The fourth-order valence-electron chi connectivity index (χ4n) is 1.62. The van der Waals surface area contributed by atoms with Crippen LogP contribution in [-0.2, 0) is 12.7 Å². The number of nitrogen functional groups attached to an aromatic ring is 1. The topological polar surface area (TPSA) is 50.9 Å². The lowest BCUT2D eigenvalue weighted by atomic mass is 10.1. The summed E-state index contributed by atoms with van der Waals surface area (Å²) in [6, 6.07) is 6.84. The molecule has 1 aromatic heterocycles. The highest BCUT2D eigenvalue weighted by Gasteiger charge is 2.30. The van der Waals surface area contributed by atoms with Crippen LogP contribution in [0.25, 0.3) is 0 Å². The normalized spacial score (nSPS) is 11.3. The highest BCUT2D eigenvalue weighted by Crippen LogP contribution is 2.29. The molecule has 0 amide bonds. The van der Waals surface area contributed by atoms with Gasteiger partial charge in [-0.25, -0.2) is 0 Å². The van der Waals surface area contributed by atoms with E-state index in [4.69, 9.17) is 5.73 Å². The first-order chi connectivity index (χ1) is 8.97. The van der Waals surface area contributed by atoms with Crippen LogP contribution >= 0.6 is 0 Å². The van der Waals surface area contributed by atoms with Crippen LogP contribution in [0.4, 0.5) is 24.5 Å². The van der Waals surface area contributed by atoms with E-state index in [2.05, 4.69) is 10.3 Å². The Hall–Kier alpha value is -2.24. The van der Waals surface area contributed by atoms with Crippen molar-refractivity contribution in [1.29, 1.82) is 0 Å². The molecule has 0 fully saturated rings. The Morgan fingerprint density at radius 3 is 2.68 bits per heavy atom. The Balaban J connectivity index is 2.10. The van der Waals surface area contributed by atoms with Crippen LogP contribution in [0.1, 0.15) is 11.1 Å². The van der Waals surface area contributed by atoms with Gasteiger partial charge < -0.3 is 11.1 Å². The van der Waals surface area contributed by atoms with Crippen molar-refractivity contribution in [3.63, 3.8) is 0 Å². The van der Waals surface area contributed by atoms with Crippen molar-refractivity contribution in [3.05, 3.63) is 53.9 Å². The molecule has 0 saturated carbocycles. The molecule has 0 unspecified atom stereocenters. The lowest BCUT2D eigenvalue weighted by Gasteiger charge is -2.11. The molecule has 0 spiro atoms. The van der Waals surface area contributed by atoms with Crippen LogP contribution in [0, 0.1) is 0 Å². The van der Waals surface area contributed by atoms with E-state index in [1.807, 2.05) is 0 Å². The third-order valence-corrected chi connectivity index (χ3v) is 2.59. The molecule has 1 aromatic carbocycles. The standard InChI is InChI=1S/C13H12F3N3/c14-13(15,16)10-3-1-2-9(6-10)7-19-12-4-5-18-8-11(12)17/h1-6,8H,7,17H2,(H,18,19). The van der Waals surface area contributed by atoms with Gasteiger partial charge in [-0.05, 0) is 23.8 Å². The Morgan fingerprint density at radius 1 is 1.21 bits per heavy atom. The molecule has 3 N–H and O–H groups in total. The first-order valence-electron chi connectivity index (χ1n) is 5.56. The smallest absolute Gasteiger partial charge is 0.396 e. The number of nitrogens with two attached hydrogens (primary N) is 1. The highest BCUT2D eigenvalue weighted by molar-refractivity contribution is 5.64. The summed E-state index contributed by atoms with van der Waals surface area (Å²) in [5.41, 5.74) is 6.65. The van der Waals surface area contributed by atoms with Gasteiger partial charge in [0.1, 0.15) is 0 Å². The number of hydrogen-bond acceptors (Lipinski definition) is 3. The molecule has 0 atom stereocenters. The number of hydrogen-bond donors (Lipinski definition) is 2. The number of benzene rings is 1. The van der Waals surface area contributed by atoms with E-state index in [0.29, 0.717) is 16.9 Å². The molecule has 2 rings (SSSR count). The third kappa shape index (κ3) is 3.37. The van der Waals surface area contributed by atoms with E-state index in [-0.39, 0.29) is 6.54 Å². The van der Waals surface area contributed by atoms with Crippen LogP contribution in [0.2, 0.25) is 0 Å². The average molecular weight is 267 g/mol.